The molecule has 0 bridgehead atoms. The molecule has 0 aliphatic heterocycles. The summed E-state index contributed by atoms with van der Waals surface area (Å²) in [5.74, 6) is -0.183. The van der Waals surface area contributed by atoms with E-state index in [0.717, 1.165) is 0 Å². The van der Waals surface area contributed by atoms with Crippen LogP contribution >= 0.6 is 0 Å². The molecule has 1 aliphatic carbocycles. The van der Waals surface area contributed by atoms with Crippen LogP contribution < -0.4 is 0 Å². The average molecular weight is 184 g/mol. The lowest BCUT2D eigenvalue weighted by molar-refractivity contribution is -0.146. The molecule has 0 radical (unpaired) electrons. The first-order valence-corrected chi connectivity index (χ1v) is 4.78. The van der Waals surface area contributed by atoms with Gasteiger partial charge in [0.1, 0.15) is 5.78 Å². The van der Waals surface area contributed by atoms with Crippen molar-refractivity contribution in [2.45, 2.75) is 27.2 Å². The molecule has 1 rings (SSSR count). The summed E-state index contributed by atoms with van der Waals surface area (Å²) >= 11 is 0. The monoisotopic (exact) mass is 184 g/mol. The van der Waals surface area contributed by atoms with Gasteiger partial charge in [-0.3, -0.25) is 9.59 Å². The first-order valence-electron chi connectivity index (χ1n) is 4.78. The standard InChI is InChI=1S/C10H16O3/c1-4-13-10(12)8-5-7(8)9(11)6(2)3/h6-8H,4-5H2,1-3H3. The third-order valence-corrected chi connectivity index (χ3v) is 2.31. The van der Waals surface area contributed by atoms with Gasteiger partial charge in [-0.1, -0.05) is 13.8 Å². The van der Waals surface area contributed by atoms with Gasteiger partial charge in [-0.15, -0.1) is 0 Å². The fraction of sp³-hybridized carbons (Fsp3) is 0.800. The highest BCUT2D eigenvalue weighted by molar-refractivity contribution is 5.92. The molecule has 0 aromatic heterocycles. The molecule has 0 aromatic carbocycles. The molecule has 74 valence electrons. The summed E-state index contributed by atoms with van der Waals surface area (Å²) in [7, 11) is 0. The molecule has 2 atom stereocenters. The van der Waals surface area contributed by atoms with E-state index in [-0.39, 0.29) is 29.5 Å². The second-order valence-corrected chi connectivity index (χ2v) is 3.76. The Labute approximate surface area is 78.5 Å². The third kappa shape index (κ3) is 2.29. The zero-order valence-electron chi connectivity index (χ0n) is 8.37. The normalized spacial score (nSPS) is 25.8. The molecule has 0 amide bonds. The maximum absolute atomic E-state index is 11.4. The smallest absolute Gasteiger partial charge is 0.309 e. The zero-order chi connectivity index (χ0) is 10.0. The van der Waals surface area contributed by atoms with Gasteiger partial charge in [0.2, 0.25) is 0 Å². The van der Waals surface area contributed by atoms with Crippen LogP contribution in [-0.4, -0.2) is 18.4 Å². The summed E-state index contributed by atoms with van der Waals surface area (Å²) in [4.78, 5) is 22.6. The van der Waals surface area contributed by atoms with E-state index in [0.29, 0.717) is 13.0 Å². The highest BCUT2D eigenvalue weighted by Crippen LogP contribution is 2.41. The molecule has 1 aliphatic rings. The second kappa shape index (κ2) is 3.90. The Kier molecular flexibility index (Phi) is 3.07. The highest BCUT2D eigenvalue weighted by Gasteiger charge is 2.49. The topological polar surface area (TPSA) is 43.4 Å². The van der Waals surface area contributed by atoms with Crippen molar-refractivity contribution in [2.75, 3.05) is 6.61 Å². The minimum atomic E-state index is -0.207. The van der Waals surface area contributed by atoms with Crippen molar-refractivity contribution in [1.29, 1.82) is 0 Å². The molecule has 1 saturated carbocycles. The highest BCUT2D eigenvalue weighted by atomic mass is 16.5. The van der Waals surface area contributed by atoms with Gasteiger partial charge in [0.25, 0.3) is 0 Å². The van der Waals surface area contributed by atoms with E-state index in [2.05, 4.69) is 0 Å². The Morgan fingerprint density at radius 1 is 1.38 bits per heavy atom. The predicted octanol–water partition coefficient (Wildman–Crippen LogP) is 1.41. The lowest BCUT2D eigenvalue weighted by Gasteiger charge is -2.02. The second-order valence-electron chi connectivity index (χ2n) is 3.76. The van der Waals surface area contributed by atoms with E-state index < -0.39 is 0 Å². The first-order chi connectivity index (χ1) is 6.07. The quantitative estimate of drug-likeness (QED) is 0.620. The van der Waals surface area contributed by atoms with Crippen LogP contribution in [0.5, 0.6) is 0 Å². The predicted molar refractivity (Wildman–Crippen MR) is 48.1 cm³/mol. The van der Waals surface area contributed by atoms with E-state index in [4.69, 9.17) is 4.74 Å². The number of esters is 1. The van der Waals surface area contributed by atoms with Gasteiger partial charge in [-0.2, -0.15) is 0 Å². The minimum Gasteiger partial charge on any atom is -0.466 e. The van der Waals surface area contributed by atoms with Crippen molar-refractivity contribution < 1.29 is 14.3 Å². The van der Waals surface area contributed by atoms with Gasteiger partial charge in [-0.25, -0.2) is 0 Å². The van der Waals surface area contributed by atoms with Crippen LogP contribution in [0.3, 0.4) is 0 Å². The van der Waals surface area contributed by atoms with Crippen molar-refractivity contribution in [1.82, 2.24) is 0 Å². The van der Waals surface area contributed by atoms with Crippen LogP contribution in [0.2, 0.25) is 0 Å². The van der Waals surface area contributed by atoms with E-state index in [9.17, 15) is 9.59 Å². The summed E-state index contributed by atoms with van der Waals surface area (Å²) in [5.41, 5.74) is 0. The van der Waals surface area contributed by atoms with Gasteiger partial charge in [0.15, 0.2) is 0 Å². The summed E-state index contributed by atoms with van der Waals surface area (Å²) in [6.07, 6.45) is 0.690. The number of ketones is 1. The van der Waals surface area contributed by atoms with Gasteiger partial charge >= 0.3 is 5.97 Å². The summed E-state index contributed by atoms with van der Waals surface area (Å²) in [6.45, 7) is 5.91. The maximum atomic E-state index is 11.4. The number of rotatable bonds is 4. The lowest BCUT2D eigenvalue weighted by atomic mass is 10.0. The Morgan fingerprint density at radius 2 is 2.00 bits per heavy atom. The SMILES string of the molecule is CCOC(=O)C1CC1C(=O)C(C)C. The average Bonchev–Trinajstić information content (AvgIpc) is 2.82. The Hall–Kier alpha value is -0.860. The van der Waals surface area contributed by atoms with Crippen molar-refractivity contribution in [3.63, 3.8) is 0 Å². The van der Waals surface area contributed by atoms with Gasteiger partial charge in [-0.05, 0) is 13.3 Å². The molecule has 13 heavy (non-hydrogen) atoms. The van der Waals surface area contributed by atoms with E-state index in [1.807, 2.05) is 13.8 Å². The van der Waals surface area contributed by atoms with E-state index >= 15 is 0 Å². The third-order valence-electron chi connectivity index (χ3n) is 2.31. The lowest BCUT2D eigenvalue weighted by Crippen LogP contribution is -2.15. The van der Waals surface area contributed by atoms with Crippen molar-refractivity contribution in [3.8, 4) is 0 Å². The molecule has 0 spiro atoms. The van der Waals surface area contributed by atoms with Crippen molar-refractivity contribution in [3.05, 3.63) is 0 Å². The Morgan fingerprint density at radius 3 is 2.46 bits per heavy atom. The summed E-state index contributed by atoms with van der Waals surface area (Å²) in [6, 6.07) is 0. The number of Topliss-reactive ketones (excluding diaryl/α,β-unsaturated/α-hetero) is 1. The minimum absolute atomic E-state index is 0.0319. The molecule has 0 N–H and O–H groups in total. The molecule has 3 heteroatoms. The molecule has 2 unspecified atom stereocenters. The van der Waals surface area contributed by atoms with Crippen LogP contribution in [0.25, 0.3) is 0 Å². The van der Waals surface area contributed by atoms with Crippen LogP contribution in [0.4, 0.5) is 0 Å². The molecular weight excluding hydrogens is 168 g/mol. The number of hydrogen-bond donors (Lipinski definition) is 0. The molecular formula is C10H16O3. The number of hydrogen-bond acceptors (Lipinski definition) is 3. The van der Waals surface area contributed by atoms with Crippen LogP contribution in [0.15, 0.2) is 0 Å². The fourth-order valence-corrected chi connectivity index (χ4v) is 1.45. The molecule has 0 heterocycles. The summed E-state index contributed by atoms with van der Waals surface area (Å²) in [5, 5.41) is 0. The zero-order valence-corrected chi connectivity index (χ0v) is 8.37. The Bertz CT molecular complexity index is 220. The molecule has 0 aromatic rings. The van der Waals surface area contributed by atoms with E-state index in [1.165, 1.54) is 0 Å². The number of ether oxygens (including phenoxy) is 1. The number of carbonyl (C=O) groups excluding carboxylic acids is 2. The maximum Gasteiger partial charge on any atom is 0.309 e. The van der Waals surface area contributed by atoms with Gasteiger partial charge in [0, 0.05) is 11.8 Å². The fourth-order valence-electron chi connectivity index (χ4n) is 1.45. The van der Waals surface area contributed by atoms with Crippen LogP contribution in [-0.2, 0) is 14.3 Å². The van der Waals surface area contributed by atoms with E-state index in [1.54, 1.807) is 6.92 Å². The molecule has 3 nitrogen and oxygen atoms in total. The summed E-state index contributed by atoms with van der Waals surface area (Å²) < 4.78 is 4.83. The molecule has 0 saturated heterocycles. The molecule has 1 fully saturated rings. The van der Waals surface area contributed by atoms with Crippen molar-refractivity contribution >= 4 is 11.8 Å². The van der Waals surface area contributed by atoms with Gasteiger partial charge in [0.05, 0.1) is 12.5 Å². The van der Waals surface area contributed by atoms with Crippen LogP contribution in [0.1, 0.15) is 27.2 Å². The van der Waals surface area contributed by atoms with Crippen molar-refractivity contribution in [2.24, 2.45) is 17.8 Å². The largest absolute Gasteiger partial charge is 0.466 e. The van der Waals surface area contributed by atoms with Crippen LogP contribution in [0, 0.1) is 17.8 Å². The Balaban J connectivity index is 2.37. The number of carbonyl (C=O) groups is 2. The first kappa shape index (κ1) is 10.2. The van der Waals surface area contributed by atoms with Gasteiger partial charge < -0.3 is 4.74 Å².